The Hall–Kier alpha value is -3.39. The Balaban J connectivity index is 1.96. The molecular formula is C23H28N4O4. The van der Waals surface area contributed by atoms with Crippen LogP contribution in [0.4, 0.5) is 5.69 Å². The number of ether oxygens (including phenoxy) is 3. The summed E-state index contributed by atoms with van der Waals surface area (Å²) in [5.74, 6) is 1.56. The van der Waals surface area contributed by atoms with E-state index in [1.807, 2.05) is 62.4 Å². The molecule has 0 radical (unpaired) electrons. The summed E-state index contributed by atoms with van der Waals surface area (Å²) in [5.41, 5.74) is 2.26. The molecule has 0 saturated heterocycles. The lowest BCUT2D eigenvalue weighted by molar-refractivity contribution is -0.116. The molecule has 0 fully saturated rings. The fourth-order valence-corrected chi connectivity index (χ4v) is 3.00. The number of hydrogen-bond acceptors (Lipinski definition) is 6. The van der Waals surface area contributed by atoms with Crippen LogP contribution in [-0.2, 0) is 9.53 Å². The lowest BCUT2D eigenvalue weighted by atomic mass is 10.1. The maximum atomic E-state index is 12.2. The van der Waals surface area contributed by atoms with Gasteiger partial charge in [-0.15, -0.1) is 5.10 Å². The molecule has 1 aromatic heterocycles. The monoisotopic (exact) mass is 424 g/mol. The van der Waals surface area contributed by atoms with Crippen molar-refractivity contribution in [2.24, 2.45) is 5.92 Å². The molecule has 0 unspecified atom stereocenters. The van der Waals surface area contributed by atoms with Gasteiger partial charge in [-0.1, -0.05) is 32.0 Å². The first-order chi connectivity index (χ1) is 15.0. The van der Waals surface area contributed by atoms with Crippen LogP contribution in [0.1, 0.15) is 20.3 Å². The van der Waals surface area contributed by atoms with Crippen molar-refractivity contribution in [3.8, 4) is 28.8 Å². The first-order valence-electron chi connectivity index (χ1n) is 10.1. The molecular weight excluding hydrogens is 396 g/mol. The number of rotatable bonds is 10. The summed E-state index contributed by atoms with van der Waals surface area (Å²) in [6, 6.07) is 15.3. The third-order valence-electron chi connectivity index (χ3n) is 4.40. The summed E-state index contributed by atoms with van der Waals surface area (Å²) >= 11 is 0. The van der Waals surface area contributed by atoms with Crippen LogP contribution in [0.2, 0.25) is 0 Å². The van der Waals surface area contributed by atoms with Gasteiger partial charge in [-0.3, -0.25) is 4.79 Å². The van der Waals surface area contributed by atoms with E-state index in [-0.39, 0.29) is 17.8 Å². The maximum absolute atomic E-state index is 12.2. The fraction of sp³-hybridized carbons (Fsp3) is 0.348. The smallest absolute Gasteiger partial charge is 0.336 e. The largest absolute Gasteiger partial charge is 0.497 e. The molecule has 0 bridgehead atoms. The van der Waals surface area contributed by atoms with Gasteiger partial charge >= 0.3 is 6.01 Å². The highest BCUT2D eigenvalue weighted by Gasteiger charge is 2.16. The van der Waals surface area contributed by atoms with Crippen molar-refractivity contribution in [1.29, 1.82) is 0 Å². The highest BCUT2D eigenvalue weighted by atomic mass is 16.5. The molecule has 0 saturated carbocycles. The van der Waals surface area contributed by atoms with Crippen molar-refractivity contribution in [2.75, 3.05) is 32.8 Å². The average Bonchev–Trinajstić information content (AvgIpc) is 3.18. The van der Waals surface area contributed by atoms with E-state index in [0.717, 1.165) is 11.3 Å². The number of methoxy groups -OCH3 is 2. The van der Waals surface area contributed by atoms with Gasteiger partial charge in [-0.2, -0.15) is 4.98 Å². The molecule has 8 heteroatoms. The SMILES string of the molecule is COCCOc1nc(-c2cccc(OC)c2)n(-c2cccc(NC(=O)CC(C)C)c2)n1. The molecule has 3 aromatic rings. The Morgan fingerprint density at radius 2 is 1.90 bits per heavy atom. The standard InChI is InChI=1S/C23H28N4O4/c1-16(2)13-21(28)24-18-8-6-9-19(15-18)27-22(17-7-5-10-20(14-17)30-4)25-23(26-27)31-12-11-29-3/h5-10,14-16H,11-13H2,1-4H3,(H,24,28). The van der Waals surface area contributed by atoms with Gasteiger partial charge in [0.1, 0.15) is 12.4 Å². The molecule has 3 rings (SSSR count). The summed E-state index contributed by atoms with van der Waals surface area (Å²) in [6.45, 7) is 4.79. The summed E-state index contributed by atoms with van der Waals surface area (Å²) in [7, 11) is 3.22. The van der Waals surface area contributed by atoms with Gasteiger partial charge in [0.2, 0.25) is 5.91 Å². The molecule has 164 valence electrons. The van der Waals surface area contributed by atoms with Crippen LogP contribution in [0.25, 0.3) is 17.1 Å². The maximum Gasteiger partial charge on any atom is 0.336 e. The number of nitrogens with one attached hydrogen (secondary N) is 1. The number of nitrogens with zero attached hydrogens (tertiary/aromatic N) is 3. The van der Waals surface area contributed by atoms with Gasteiger partial charge in [0.25, 0.3) is 0 Å². The molecule has 2 aromatic carbocycles. The van der Waals surface area contributed by atoms with Gasteiger partial charge in [0, 0.05) is 24.8 Å². The van der Waals surface area contributed by atoms with Crippen LogP contribution in [-0.4, -0.2) is 48.1 Å². The molecule has 8 nitrogen and oxygen atoms in total. The predicted octanol–water partition coefficient (Wildman–Crippen LogP) is 3.95. The van der Waals surface area contributed by atoms with Gasteiger partial charge in [0.05, 0.1) is 19.4 Å². The van der Waals surface area contributed by atoms with Crippen molar-refractivity contribution in [3.63, 3.8) is 0 Å². The minimum absolute atomic E-state index is 0.0256. The van der Waals surface area contributed by atoms with Crippen LogP contribution in [0, 0.1) is 5.92 Å². The summed E-state index contributed by atoms with van der Waals surface area (Å²) < 4.78 is 17.7. The predicted molar refractivity (Wildman–Crippen MR) is 119 cm³/mol. The highest BCUT2D eigenvalue weighted by Crippen LogP contribution is 2.27. The summed E-state index contributed by atoms with van der Waals surface area (Å²) in [4.78, 5) is 16.8. The number of carbonyl (C=O) groups is 1. The quantitative estimate of drug-likeness (QED) is 0.496. The van der Waals surface area contributed by atoms with Gasteiger partial charge < -0.3 is 19.5 Å². The molecule has 31 heavy (non-hydrogen) atoms. The van der Waals surface area contributed by atoms with E-state index < -0.39 is 0 Å². The molecule has 0 aliphatic carbocycles. The zero-order valence-corrected chi connectivity index (χ0v) is 18.3. The Morgan fingerprint density at radius 3 is 2.65 bits per heavy atom. The zero-order chi connectivity index (χ0) is 22.2. The number of hydrogen-bond donors (Lipinski definition) is 1. The molecule has 1 amide bonds. The molecule has 0 spiro atoms. The Kier molecular flexibility index (Phi) is 7.61. The second kappa shape index (κ2) is 10.6. The van der Waals surface area contributed by atoms with Crippen LogP contribution in [0.5, 0.6) is 11.8 Å². The zero-order valence-electron chi connectivity index (χ0n) is 18.3. The van der Waals surface area contributed by atoms with Crippen molar-refractivity contribution in [3.05, 3.63) is 48.5 Å². The Bertz CT molecular complexity index is 1020. The molecule has 1 heterocycles. The van der Waals surface area contributed by atoms with E-state index in [1.165, 1.54) is 0 Å². The van der Waals surface area contributed by atoms with E-state index in [0.29, 0.717) is 36.9 Å². The van der Waals surface area contributed by atoms with Crippen molar-refractivity contribution >= 4 is 11.6 Å². The molecule has 0 atom stereocenters. The lowest BCUT2D eigenvalue weighted by Crippen LogP contribution is -2.14. The molecule has 1 N–H and O–H groups in total. The normalized spacial score (nSPS) is 10.9. The van der Waals surface area contributed by atoms with E-state index in [2.05, 4.69) is 15.4 Å². The molecule has 0 aliphatic heterocycles. The lowest BCUT2D eigenvalue weighted by Gasteiger charge is -2.10. The second-order valence-corrected chi connectivity index (χ2v) is 7.40. The van der Waals surface area contributed by atoms with Crippen LogP contribution in [0.15, 0.2) is 48.5 Å². The van der Waals surface area contributed by atoms with E-state index >= 15 is 0 Å². The minimum atomic E-state index is -0.0256. The third kappa shape index (κ3) is 6.05. The number of carbonyl (C=O) groups excluding carboxylic acids is 1. The topological polar surface area (TPSA) is 87.5 Å². The Morgan fingerprint density at radius 1 is 1.10 bits per heavy atom. The summed E-state index contributed by atoms with van der Waals surface area (Å²) in [6.07, 6.45) is 0.458. The number of aromatic nitrogens is 3. The fourth-order valence-electron chi connectivity index (χ4n) is 3.00. The average molecular weight is 425 g/mol. The Labute approximate surface area is 182 Å². The van der Waals surface area contributed by atoms with Crippen molar-refractivity contribution < 1.29 is 19.0 Å². The van der Waals surface area contributed by atoms with E-state index in [9.17, 15) is 4.79 Å². The minimum Gasteiger partial charge on any atom is -0.497 e. The van der Waals surface area contributed by atoms with Gasteiger partial charge in [0.15, 0.2) is 5.82 Å². The van der Waals surface area contributed by atoms with Crippen molar-refractivity contribution in [2.45, 2.75) is 20.3 Å². The second-order valence-electron chi connectivity index (χ2n) is 7.40. The van der Waals surface area contributed by atoms with E-state index in [1.54, 1.807) is 18.9 Å². The number of amides is 1. The van der Waals surface area contributed by atoms with Gasteiger partial charge in [-0.05, 0) is 36.2 Å². The van der Waals surface area contributed by atoms with Crippen LogP contribution < -0.4 is 14.8 Å². The number of benzene rings is 2. The highest BCUT2D eigenvalue weighted by molar-refractivity contribution is 5.91. The first-order valence-corrected chi connectivity index (χ1v) is 10.1. The third-order valence-corrected chi connectivity index (χ3v) is 4.40. The van der Waals surface area contributed by atoms with Gasteiger partial charge in [-0.25, -0.2) is 4.68 Å². The van der Waals surface area contributed by atoms with Crippen LogP contribution in [0.3, 0.4) is 0 Å². The van der Waals surface area contributed by atoms with E-state index in [4.69, 9.17) is 14.2 Å². The summed E-state index contributed by atoms with van der Waals surface area (Å²) in [5, 5.41) is 7.47. The number of anilines is 1. The van der Waals surface area contributed by atoms with Crippen molar-refractivity contribution in [1.82, 2.24) is 14.8 Å². The first kappa shape index (κ1) is 22.3. The molecule has 0 aliphatic rings. The van der Waals surface area contributed by atoms with Crippen LogP contribution >= 0.6 is 0 Å².